The summed E-state index contributed by atoms with van der Waals surface area (Å²) in [6, 6.07) is 12.8. The van der Waals surface area contributed by atoms with E-state index < -0.39 is 6.10 Å². The van der Waals surface area contributed by atoms with Crippen LogP contribution < -0.4 is 24.3 Å². The normalized spacial score (nSPS) is 14.8. The highest BCUT2D eigenvalue weighted by molar-refractivity contribution is 5.81. The number of amides is 1. The molecule has 0 unspecified atom stereocenters. The third kappa shape index (κ3) is 4.45. The Morgan fingerprint density at radius 3 is 2.52 bits per heavy atom. The van der Waals surface area contributed by atoms with Crippen LogP contribution in [-0.2, 0) is 4.79 Å². The molecule has 0 radical (unpaired) electrons. The molecule has 6 nitrogen and oxygen atoms in total. The third-order valence-electron chi connectivity index (χ3n) is 4.43. The fourth-order valence-corrected chi connectivity index (χ4v) is 2.91. The molecule has 0 aliphatic carbocycles. The number of carbonyl (C=O) groups excluding carboxylic acids is 1. The molecule has 0 saturated heterocycles. The number of hydrogen-bond acceptors (Lipinski definition) is 5. The summed E-state index contributed by atoms with van der Waals surface area (Å²) in [5.41, 5.74) is 0.944. The second-order valence-electron chi connectivity index (χ2n) is 6.30. The maximum Gasteiger partial charge on any atom is 0.261 e. The summed E-state index contributed by atoms with van der Waals surface area (Å²) >= 11 is 0. The Hall–Kier alpha value is -2.89. The minimum absolute atomic E-state index is 0.175. The van der Waals surface area contributed by atoms with Crippen LogP contribution in [0.5, 0.6) is 23.0 Å². The summed E-state index contributed by atoms with van der Waals surface area (Å²) in [6.45, 7) is 4.92. The van der Waals surface area contributed by atoms with Gasteiger partial charge in [-0.15, -0.1) is 0 Å². The van der Waals surface area contributed by atoms with Gasteiger partial charge in [0, 0.05) is 0 Å². The number of nitrogens with one attached hydrogen (secondary N) is 1. The molecule has 0 spiro atoms. The Kier molecular flexibility index (Phi) is 6.06. The fourth-order valence-electron chi connectivity index (χ4n) is 2.91. The van der Waals surface area contributed by atoms with Crippen LogP contribution in [-0.4, -0.2) is 32.3 Å². The predicted molar refractivity (Wildman–Crippen MR) is 102 cm³/mol. The van der Waals surface area contributed by atoms with E-state index in [1.165, 1.54) is 0 Å². The SMILES string of the molecule is CC[C@H](Oc1ccccc1OC)C(=O)N[C@H](C)c1ccc2c(c1)OCCO2. The largest absolute Gasteiger partial charge is 0.493 e. The highest BCUT2D eigenvalue weighted by atomic mass is 16.6. The molecule has 144 valence electrons. The molecule has 1 heterocycles. The smallest absolute Gasteiger partial charge is 0.261 e. The van der Waals surface area contributed by atoms with Gasteiger partial charge in [0.05, 0.1) is 13.2 Å². The molecule has 1 N–H and O–H groups in total. The Morgan fingerprint density at radius 1 is 1.11 bits per heavy atom. The highest BCUT2D eigenvalue weighted by Crippen LogP contribution is 2.33. The summed E-state index contributed by atoms with van der Waals surface area (Å²) in [5.74, 6) is 2.41. The molecule has 2 aromatic carbocycles. The molecule has 1 aliphatic heterocycles. The van der Waals surface area contributed by atoms with Crippen LogP contribution >= 0.6 is 0 Å². The summed E-state index contributed by atoms with van der Waals surface area (Å²) in [4.78, 5) is 12.7. The van der Waals surface area contributed by atoms with Crippen molar-refractivity contribution < 1.29 is 23.7 Å². The highest BCUT2D eigenvalue weighted by Gasteiger charge is 2.23. The molecule has 0 saturated carbocycles. The number of ether oxygens (including phenoxy) is 4. The van der Waals surface area contributed by atoms with E-state index in [9.17, 15) is 4.79 Å². The molecular formula is C21H25NO5. The van der Waals surface area contributed by atoms with E-state index in [2.05, 4.69) is 5.32 Å². The second kappa shape index (κ2) is 8.66. The zero-order valence-corrected chi connectivity index (χ0v) is 15.9. The van der Waals surface area contributed by atoms with Crippen molar-refractivity contribution >= 4 is 5.91 Å². The minimum Gasteiger partial charge on any atom is -0.493 e. The summed E-state index contributed by atoms with van der Waals surface area (Å²) in [5, 5.41) is 3.01. The van der Waals surface area contributed by atoms with E-state index in [-0.39, 0.29) is 11.9 Å². The average molecular weight is 371 g/mol. The van der Waals surface area contributed by atoms with Crippen molar-refractivity contribution in [2.75, 3.05) is 20.3 Å². The molecule has 1 aliphatic rings. The Morgan fingerprint density at radius 2 is 1.81 bits per heavy atom. The average Bonchev–Trinajstić information content (AvgIpc) is 2.71. The lowest BCUT2D eigenvalue weighted by Crippen LogP contribution is -2.39. The van der Waals surface area contributed by atoms with Crippen LogP contribution in [0.1, 0.15) is 31.9 Å². The van der Waals surface area contributed by atoms with Crippen molar-refractivity contribution in [3.63, 3.8) is 0 Å². The molecular weight excluding hydrogens is 346 g/mol. The molecule has 0 fully saturated rings. The van der Waals surface area contributed by atoms with Crippen LogP contribution in [0, 0.1) is 0 Å². The first-order valence-corrected chi connectivity index (χ1v) is 9.12. The van der Waals surface area contributed by atoms with Gasteiger partial charge in [0.2, 0.25) is 0 Å². The second-order valence-corrected chi connectivity index (χ2v) is 6.30. The first-order chi connectivity index (χ1) is 13.1. The third-order valence-corrected chi connectivity index (χ3v) is 4.43. The van der Waals surface area contributed by atoms with Crippen molar-refractivity contribution in [2.24, 2.45) is 0 Å². The van der Waals surface area contributed by atoms with Crippen molar-refractivity contribution in [1.29, 1.82) is 0 Å². The number of methoxy groups -OCH3 is 1. The van der Waals surface area contributed by atoms with E-state index in [0.717, 1.165) is 11.3 Å². The van der Waals surface area contributed by atoms with Gasteiger partial charge in [0.15, 0.2) is 29.1 Å². The van der Waals surface area contributed by atoms with Gasteiger partial charge >= 0.3 is 0 Å². The topological polar surface area (TPSA) is 66.0 Å². The maximum atomic E-state index is 12.7. The van der Waals surface area contributed by atoms with Gasteiger partial charge in [-0.25, -0.2) is 0 Å². The van der Waals surface area contributed by atoms with Crippen molar-refractivity contribution in [1.82, 2.24) is 5.32 Å². The van der Waals surface area contributed by atoms with Crippen LogP contribution in [0.4, 0.5) is 0 Å². The van der Waals surface area contributed by atoms with Crippen molar-refractivity contribution in [3.05, 3.63) is 48.0 Å². The number of rotatable bonds is 7. The Balaban J connectivity index is 1.67. The molecule has 3 rings (SSSR count). The van der Waals surface area contributed by atoms with E-state index in [0.29, 0.717) is 36.9 Å². The van der Waals surface area contributed by atoms with Gasteiger partial charge in [-0.1, -0.05) is 25.1 Å². The molecule has 2 aromatic rings. The van der Waals surface area contributed by atoms with Gasteiger partial charge < -0.3 is 24.3 Å². The van der Waals surface area contributed by atoms with Gasteiger partial charge in [-0.05, 0) is 43.2 Å². The molecule has 2 atom stereocenters. The summed E-state index contributed by atoms with van der Waals surface area (Å²) in [6.07, 6.45) is -0.0708. The van der Waals surface area contributed by atoms with E-state index >= 15 is 0 Å². The quantitative estimate of drug-likeness (QED) is 0.807. The van der Waals surface area contributed by atoms with Crippen molar-refractivity contribution in [2.45, 2.75) is 32.4 Å². The van der Waals surface area contributed by atoms with Crippen molar-refractivity contribution in [3.8, 4) is 23.0 Å². The lowest BCUT2D eigenvalue weighted by atomic mass is 10.1. The number of carbonyl (C=O) groups is 1. The zero-order valence-electron chi connectivity index (χ0n) is 15.9. The van der Waals surface area contributed by atoms with E-state index in [1.807, 2.05) is 44.2 Å². The number of fused-ring (bicyclic) bond motifs is 1. The standard InChI is InChI=1S/C21H25NO5/c1-4-16(27-19-8-6-5-7-17(19)24-3)21(23)22-14(2)15-9-10-18-20(13-15)26-12-11-25-18/h5-10,13-14,16H,4,11-12H2,1-3H3,(H,22,23)/t14-,16+/m1/s1. The maximum absolute atomic E-state index is 12.7. The Labute approximate surface area is 159 Å². The number of hydrogen-bond donors (Lipinski definition) is 1. The van der Waals surface area contributed by atoms with Crippen LogP contribution in [0.3, 0.4) is 0 Å². The number of benzene rings is 2. The van der Waals surface area contributed by atoms with Crippen LogP contribution in [0.25, 0.3) is 0 Å². The molecule has 0 aromatic heterocycles. The van der Waals surface area contributed by atoms with E-state index in [1.54, 1.807) is 19.2 Å². The summed E-state index contributed by atoms with van der Waals surface area (Å²) in [7, 11) is 1.58. The lowest BCUT2D eigenvalue weighted by Gasteiger charge is -2.23. The zero-order chi connectivity index (χ0) is 19.2. The molecule has 27 heavy (non-hydrogen) atoms. The fraction of sp³-hybridized carbons (Fsp3) is 0.381. The van der Waals surface area contributed by atoms with Gasteiger partial charge in [-0.3, -0.25) is 4.79 Å². The predicted octanol–water partition coefficient (Wildman–Crippen LogP) is 3.50. The molecule has 1 amide bonds. The van der Waals surface area contributed by atoms with Gasteiger partial charge in [0.25, 0.3) is 5.91 Å². The lowest BCUT2D eigenvalue weighted by molar-refractivity contribution is -0.128. The van der Waals surface area contributed by atoms with Crippen LogP contribution in [0.15, 0.2) is 42.5 Å². The van der Waals surface area contributed by atoms with E-state index in [4.69, 9.17) is 18.9 Å². The monoisotopic (exact) mass is 371 g/mol. The van der Waals surface area contributed by atoms with Crippen LogP contribution in [0.2, 0.25) is 0 Å². The Bertz CT molecular complexity index is 792. The molecule has 6 heteroatoms. The van der Waals surface area contributed by atoms with Gasteiger partial charge in [0.1, 0.15) is 13.2 Å². The molecule has 0 bridgehead atoms. The minimum atomic E-state index is -0.610. The number of para-hydroxylation sites is 2. The van der Waals surface area contributed by atoms with Gasteiger partial charge in [-0.2, -0.15) is 0 Å². The first kappa shape index (κ1) is 18.9. The summed E-state index contributed by atoms with van der Waals surface area (Å²) < 4.78 is 22.3. The first-order valence-electron chi connectivity index (χ1n) is 9.12.